The molecule has 2 nitrogen and oxygen atoms in total. The molecule has 0 unspecified atom stereocenters. The van der Waals surface area contributed by atoms with Crippen LogP contribution in [-0.4, -0.2) is 11.5 Å². The van der Waals surface area contributed by atoms with E-state index in [4.69, 9.17) is 11.6 Å². The molecule has 0 saturated heterocycles. The number of aromatic nitrogens is 1. The van der Waals surface area contributed by atoms with Gasteiger partial charge >= 0.3 is 0 Å². The average molecular weight is 291 g/mol. The molecule has 108 valence electrons. The van der Waals surface area contributed by atoms with Crippen molar-refractivity contribution in [1.29, 1.82) is 0 Å². The maximum Gasteiger partial charge on any atom is 0.0705 e. The minimum atomic E-state index is 0.832. The first kappa shape index (κ1) is 14.0. The van der Waals surface area contributed by atoms with Crippen LogP contribution in [0.5, 0.6) is 0 Å². The summed E-state index contributed by atoms with van der Waals surface area (Å²) in [6.07, 6.45) is 8.46. The Morgan fingerprint density at radius 1 is 1.20 bits per heavy atom. The summed E-state index contributed by atoms with van der Waals surface area (Å²) < 4.78 is 0. The third kappa shape index (κ3) is 3.18. The number of halogens is 1. The molecular formula is C17H23ClN2. The molecule has 3 heteroatoms. The summed E-state index contributed by atoms with van der Waals surface area (Å²) in [6.45, 7) is 1.92. The van der Waals surface area contributed by atoms with Crippen LogP contribution in [0.25, 0.3) is 10.9 Å². The minimum Gasteiger partial charge on any atom is -0.356 e. The van der Waals surface area contributed by atoms with E-state index in [9.17, 15) is 0 Å². The van der Waals surface area contributed by atoms with Crippen molar-refractivity contribution in [3.8, 4) is 0 Å². The molecule has 0 radical (unpaired) electrons. The quantitative estimate of drug-likeness (QED) is 0.729. The number of benzene rings is 1. The Hall–Kier alpha value is -0.990. The lowest BCUT2D eigenvalue weighted by molar-refractivity contribution is 0.470. The van der Waals surface area contributed by atoms with Crippen molar-refractivity contribution >= 4 is 22.5 Å². The van der Waals surface area contributed by atoms with Gasteiger partial charge in [0.05, 0.1) is 5.02 Å². The van der Waals surface area contributed by atoms with Crippen LogP contribution in [0.1, 0.15) is 44.2 Å². The highest BCUT2D eigenvalue weighted by Crippen LogP contribution is 2.28. The number of rotatable bonds is 6. The maximum atomic E-state index is 6.40. The lowest BCUT2D eigenvalue weighted by Gasteiger charge is -2.09. The van der Waals surface area contributed by atoms with Gasteiger partial charge in [-0.25, -0.2) is 0 Å². The summed E-state index contributed by atoms with van der Waals surface area (Å²) in [5.74, 6) is 0.994. The smallest absolute Gasteiger partial charge is 0.0705 e. The van der Waals surface area contributed by atoms with Crippen LogP contribution in [0.4, 0.5) is 0 Å². The fourth-order valence-electron chi connectivity index (χ4n) is 3.31. The van der Waals surface area contributed by atoms with Crippen molar-refractivity contribution in [3.05, 3.63) is 35.0 Å². The van der Waals surface area contributed by atoms with Crippen molar-refractivity contribution in [2.24, 2.45) is 5.92 Å². The number of hydrogen-bond donors (Lipinski definition) is 2. The zero-order valence-electron chi connectivity index (χ0n) is 11.9. The fourth-order valence-corrected chi connectivity index (χ4v) is 3.59. The molecule has 1 aliphatic rings. The number of para-hydroxylation sites is 1. The minimum absolute atomic E-state index is 0.832. The van der Waals surface area contributed by atoms with Crippen molar-refractivity contribution < 1.29 is 0 Å². The van der Waals surface area contributed by atoms with Gasteiger partial charge in [-0.15, -0.1) is 0 Å². The molecule has 0 bridgehead atoms. The largest absolute Gasteiger partial charge is 0.356 e. The van der Waals surface area contributed by atoms with Gasteiger partial charge in [-0.05, 0) is 31.4 Å². The van der Waals surface area contributed by atoms with Crippen molar-refractivity contribution in [3.63, 3.8) is 0 Å². The molecule has 1 saturated carbocycles. The molecule has 1 aromatic heterocycles. The van der Waals surface area contributed by atoms with Gasteiger partial charge in [-0.3, -0.25) is 0 Å². The average Bonchev–Trinajstić information content (AvgIpc) is 3.08. The molecule has 2 N–H and O–H groups in total. The second-order valence-corrected chi connectivity index (χ2v) is 6.31. The summed E-state index contributed by atoms with van der Waals surface area (Å²) >= 11 is 6.40. The highest BCUT2D eigenvalue weighted by atomic mass is 35.5. The molecular weight excluding hydrogens is 268 g/mol. The Morgan fingerprint density at radius 3 is 2.80 bits per heavy atom. The Balaban J connectivity index is 1.46. The molecule has 1 heterocycles. The molecule has 3 rings (SSSR count). The lowest BCUT2D eigenvalue weighted by atomic mass is 10.0. The molecule has 1 aliphatic carbocycles. The molecule has 0 spiro atoms. The van der Waals surface area contributed by atoms with E-state index in [0.717, 1.165) is 40.6 Å². The third-order valence-electron chi connectivity index (χ3n) is 4.46. The van der Waals surface area contributed by atoms with Gasteiger partial charge in [0.15, 0.2) is 0 Å². The summed E-state index contributed by atoms with van der Waals surface area (Å²) in [7, 11) is 0. The van der Waals surface area contributed by atoms with Crippen molar-refractivity contribution in [2.45, 2.75) is 45.1 Å². The molecule has 0 amide bonds. The first-order valence-electron chi connectivity index (χ1n) is 7.80. The summed E-state index contributed by atoms with van der Waals surface area (Å²) in [5.41, 5.74) is 2.23. The van der Waals surface area contributed by atoms with E-state index in [-0.39, 0.29) is 0 Å². The second-order valence-electron chi connectivity index (χ2n) is 5.93. The van der Waals surface area contributed by atoms with E-state index in [1.807, 2.05) is 12.1 Å². The predicted octanol–water partition coefficient (Wildman–Crippen LogP) is 4.88. The Kier molecular flexibility index (Phi) is 4.64. The zero-order valence-corrected chi connectivity index (χ0v) is 12.7. The SMILES string of the molecule is Clc1c(CNCCCC2CCCC2)[nH]c2ccccc12. The Morgan fingerprint density at radius 2 is 2.00 bits per heavy atom. The van der Waals surface area contributed by atoms with Gasteiger partial charge in [0.2, 0.25) is 0 Å². The molecule has 1 fully saturated rings. The van der Waals surface area contributed by atoms with Crippen molar-refractivity contribution in [2.75, 3.05) is 6.54 Å². The number of hydrogen-bond acceptors (Lipinski definition) is 1. The van der Waals surface area contributed by atoms with Crippen LogP contribution in [-0.2, 0) is 6.54 Å². The monoisotopic (exact) mass is 290 g/mol. The predicted molar refractivity (Wildman–Crippen MR) is 86.2 cm³/mol. The van der Waals surface area contributed by atoms with E-state index >= 15 is 0 Å². The summed E-state index contributed by atoms with van der Waals surface area (Å²) in [5, 5.41) is 5.50. The number of fused-ring (bicyclic) bond motifs is 1. The first-order valence-corrected chi connectivity index (χ1v) is 8.18. The summed E-state index contributed by atoms with van der Waals surface area (Å²) in [4.78, 5) is 3.40. The van der Waals surface area contributed by atoms with E-state index in [1.54, 1.807) is 0 Å². The number of nitrogens with one attached hydrogen (secondary N) is 2. The highest BCUT2D eigenvalue weighted by Gasteiger charge is 2.14. The van der Waals surface area contributed by atoms with Crippen LogP contribution >= 0.6 is 11.6 Å². The third-order valence-corrected chi connectivity index (χ3v) is 4.89. The summed E-state index contributed by atoms with van der Waals surface area (Å²) in [6, 6.07) is 8.21. The standard InChI is InChI=1S/C17H23ClN2/c18-17-14-9-3-4-10-15(14)20-16(17)12-19-11-5-8-13-6-1-2-7-13/h3-4,9-10,13,19-20H,1-2,5-8,11-12H2. The van der Waals surface area contributed by atoms with Crippen LogP contribution in [0.15, 0.2) is 24.3 Å². The normalized spacial score (nSPS) is 16.2. The highest BCUT2D eigenvalue weighted by molar-refractivity contribution is 6.36. The number of H-pyrrole nitrogens is 1. The van der Waals surface area contributed by atoms with Crippen LogP contribution in [0.2, 0.25) is 5.02 Å². The topological polar surface area (TPSA) is 27.8 Å². The zero-order chi connectivity index (χ0) is 13.8. The van der Waals surface area contributed by atoms with E-state index in [2.05, 4.69) is 22.4 Å². The molecule has 0 aliphatic heterocycles. The van der Waals surface area contributed by atoms with E-state index < -0.39 is 0 Å². The Bertz CT molecular complexity index is 555. The fraction of sp³-hybridized carbons (Fsp3) is 0.529. The van der Waals surface area contributed by atoms with Gasteiger partial charge in [-0.1, -0.05) is 55.5 Å². The van der Waals surface area contributed by atoms with E-state index in [0.29, 0.717) is 0 Å². The Labute approximate surface area is 125 Å². The lowest BCUT2D eigenvalue weighted by Crippen LogP contribution is -2.15. The molecule has 1 aromatic carbocycles. The van der Waals surface area contributed by atoms with Gasteiger partial charge < -0.3 is 10.3 Å². The van der Waals surface area contributed by atoms with Crippen LogP contribution < -0.4 is 5.32 Å². The van der Waals surface area contributed by atoms with Gasteiger partial charge in [0.25, 0.3) is 0 Å². The van der Waals surface area contributed by atoms with Gasteiger partial charge in [-0.2, -0.15) is 0 Å². The maximum absolute atomic E-state index is 6.40. The van der Waals surface area contributed by atoms with E-state index in [1.165, 1.54) is 38.5 Å². The second kappa shape index (κ2) is 6.64. The van der Waals surface area contributed by atoms with Gasteiger partial charge in [0.1, 0.15) is 0 Å². The van der Waals surface area contributed by atoms with Gasteiger partial charge in [0, 0.05) is 23.1 Å². The number of aromatic amines is 1. The van der Waals surface area contributed by atoms with Crippen LogP contribution in [0.3, 0.4) is 0 Å². The first-order chi connectivity index (χ1) is 9.84. The molecule has 2 aromatic rings. The molecule has 20 heavy (non-hydrogen) atoms. The van der Waals surface area contributed by atoms with Crippen LogP contribution in [0, 0.1) is 5.92 Å². The van der Waals surface area contributed by atoms with Crippen molar-refractivity contribution in [1.82, 2.24) is 10.3 Å². The molecule has 0 atom stereocenters.